The maximum atomic E-state index is 10.7. The number of carbonyl (C=O) groups is 1. The van der Waals surface area contributed by atoms with Crippen molar-refractivity contribution in [2.75, 3.05) is 6.61 Å². The topological polar surface area (TPSA) is 96.4 Å². The summed E-state index contributed by atoms with van der Waals surface area (Å²) in [5, 5.41) is 17.7. The predicted molar refractivity (Wildman–Crippen MR) is 59.3 cm³/mol. The molecule has 1 unspecified atom stereocenters. The molecule has 1 aromatic heterocycles. The number of pyridine rings is 1. The number of nitrogens with zero attached hydrogens (tertiary/aromatic N) is 1. The van der Waals surface area contributed by atoms with E-state index >= 15 is 0 Å². The van der Waals surface area contributed by atoms with E-state index in [9.17, 15) is 4.79 Å². The van der Waals surface area contributed by atoms with Crippen molar-refractivity contribution in [1.82, 2.24) is 4.98 Å². The van der Waals surface area contributed by atoms with E-state index in [-0.39, 0.29) is 24.8 Å². The molecule has 0 spiro atoms. The molecule has 1 heterocycles. The monoisotopic (exact) mass is 254 g/mol. The molecule has 4 N–H and O–H groups in total. The zero-order valence-corrected chi connectivity index (χ0v) is 9.29. The number of aliphatic hydroxyl groups excluding tert-OH is 1. The summed E-state index contributed by atoms with van der Waals surface area (Å²) in [4.78, 5) is 14.5. The fourth-order valence-electron chi connectivity index (χ4n) is 0.932. The Labute approximate surface area is 99.1 Å². The van der Waals surface area contributed by atoms with Gasteiger partial charge in [-0.15, -0.1) is 24.8 Å². The second kappa shape index (κ2) is 6.58. The van der Waals surface area contributed by atoms with Gasteiger partial charge in [0.25, 0.3) is 0 Å². The highest BCUT2D eigenvalue weighted by Gasteiger charge is 2.35. The first kappa shape index (κ1) is 16.5. The number of nitrogens with two attached hydrogens (primary N) is 1. The molecule has 1 atom stereocenters. The molecule has 0 saturated heterocycles. The summed E-state index contributed by atoms with van der Waals surface area (Å²) in [5.41, 5.74) is 4.08. The number of carboxylic acids is 1. The van der Waals surface area contributed by atoms with Crippen molar-refractivity contribution < 1.29 is 15.0 Å². The molecule has 0 aliphatic heterocycles. The summed E-state index contributed by atoms with van der Waals surface area (Å²) in [6, 6.07) is 2.93. The number of hydrogen-bond donors (Lipinski definition) is 3. The Kier molecular flexibility index (Phi) is 7.25. The van der Waals surface area contributed by atoms with Crippen LogP contribution in [0.1, 0.15) is 5.56 Å². The van der Waals surface area contributed by atoms with Crippen LogP contribution in [0.25, 0.3) is 0 Å². The van der Waals surface area contributed by atoms with Crippen LogP contribution in [-0.2, 0) is 10.3 Å². The SMILES string of the molecule is Cl.Cl.NC(CO)(C(=O)O)c1ccncc1. The lowest BCUT2D eigenvalue weighted by molar-refractivity contribution is -0.145. The third kappa shape index (κ3) is 3.32. The molecular weight excluding hydrogens is 243 g/mol. The van der Waals surface area contributed by atoms with Crippen molar-refractivity contribution in [2.24, 2.45) is 5.73 Å². The molecule has 0 amide bonds. The molecule has 86 valence electrons. The fraction of sp³-hybridized carbons (Fsp3) is 0.250. The summed E-state index contributed by atoms with van der Waals surface area (Å²) in [5.74, 6) is -1.26. The highest BCUT2D eigenvalue weighted by Crippen LogP contribution is 2.16. The Morgan fingerprint density at radius 1 is 1.40 bits per heavy atom. The third-order valence-corrected chi connectivity index (χ3v) is 1.83. The zero-order valence-electron chi connectivity index (χ0n) is 7.66. The van der Waals surface area contributed by atoms with Gasteiger partial charge >= 0.3 is 5.97 Å². The van der Waals surface area contributed by atoms with Crippen LogP contribution >= 0.6 is 24.8 Å². The van der Waals surface area contributed by atoms with Crippen LogP contribution in [0.3, 0.4) is 0 Å². The molecule has 0 aromatic carbocycles. The Hall–Kier alpha value is -0.880. The summed E-state index contributed by atoms with van der Waals surface area (Å²) in [6.45, 7) is -0.646. The van der Waals surface area contributed by atoms with Gasteiger partial charge < -0.3 is 15.9 Å². The first-order chi connectivity index (χ1) is 6.11. The molecule has 0 aliphatic rings. The van der Waals surface area contributed by atoms with Gasteiger partial charge in [-0.25, -0.2) is 4.79 Å². The lowest BCUT2D eigenvalue weighted by Crippen LogP contribution is -2.48. The van der Waals surface area contributed by atoms with Crippen molar-refractivity contribution in [3.8, 4) is 0 Å². The summed E-state index contributed by atoms with van der Waals surface area (Å²) >= 11 is 0. The summed E-state index contributed by atoms with van der Waals surface area (Å²) < 4.78 is 0. The van der Waals surface area contributed by atoms with Gasteiger partial charge in [0.1, 0.15) is 0 Å². The van der Waals surface area contributed by atoms with Gasteiger partial charge in [0.15, 0.2) is 5.54 Å². The fourth-order valence-corrected chi connectivity index (χ4v) is 0.932. The molecule has 1 aromatic rings. The van der Waals surface area contributed by atoms with Crippen molar-refractivity contribution in [3.63, 3.8) is 0 Å². The van der Waals surface area contributed by atoms with Crippen LogP contribution in [-0.4, -0.2) is 27.8 Å². The first-order valence-corrected chi connectivity index (χ1v) is 3.65. The smallest absolute Gasteiger partial charge is 0.330 e. The molecule has 15 heavy (non-hydrogen) atoms. The lowest BCUT2D eigenvalue weighted by Gasteiger charge is -2.21. The number of halogens is 2. The van der Waals surface area contributed by atoms with Crippen LogP contribution in [0.5, 0.6) is 0 Å². The van der Waals surface area contributed by atoms with Crippen molar-refractivity contribution >= 4 is 30.8 Å². The quantitative estimate of drug-likeness (QED) is 0.714. The van der Waals surface area contributed by atoms with Gasteiger partial charge in [-0.2, -0.15) is 0 Å². The second-order valence-electron chi connectivity index (χ2n) is 2.67. The van der Waals surface area contributed by atoms with E-state index < -0.39 is 18.1 Å². The molecule has 0 saturated carbocycles. The van der Waals surface area contributed by atoms with E-state index in [2.05, 4.69) is 4.98 Å². The van der Waals surface area contributed by atoms with Crippen molar-refractivity contribution in [2.45, 2.75) is 5.54 Å². The van der Waals surface area contributed by atoms with Crippen LogP contribution in [0, 0.1) is 0 Å². The van der Waals surface area contributed by atoms with E-state index in [0.29, 0.717) is 5.56 Å². The van der Waals surface area contributed by atoms with Crippen molar-refractivity contribution in [1.29, 1.82) is 0 Å². The van der Waals surface area contributed by atoms with Gasteiger partial charge in [0.05, 0.1) is 6.61 Å². The minimum absolute atomic E-state index is 0. The van der Waals surface area contributed by atoms with E-state index in [1.54, 1.807) is 0 Å². The van der Waals surface area contributed by atoms with Gasteiger partial charge in [-0.1, -0.05) is 0 Å². The van der Waals surface area contributed by atoms with E-state index in [1.165, 1.54) is 24.5 Å². The minimum atomic E-state index is -1.73. The van der Waals surface area contributed by atoms with Crippen LogP contribution in [0.15, 0.2) is 24.5 Å². The molecule has 0 aliphatic carbocycles. The van der Waals surface area contributed by atoms with Gasteiger partial charge in [-0.3, -0.25) is 4.98 Å². The summed E-state index contributed by atoms with van der Waals surface area (Å²) in [6.07, 6.45) is 2.85. The average molecular weight is 255 g/mol. The Morgan fingerprint density at radius 3 is 2.20 bits per heavy atom. The van der Waals surface area contributed by atoms with Crippen LogP contribution in [0.4, 0.5) is 0 Å². The highest BCUT2D eigenvalue weighted by atomic mass is 35.5. The molecule has 1 rings (SSSR count). The normalized spacial score (nSPS) is 12.9. The molecule has 0 radical (unpaired) electrons. The number of carboxylic acid groups (broad SMARTS) is 1. The average Bonchev–Trinajstić information content (AvgIpc) is 2.17. The van der Waals surface area contributed by atoms with E-state index in [0.717, 1.165) is 0 Å². The number of aliphatic hydroxyl groups is 1. The van der Waals surface area contributed by atoms with E-state index in [1.807, 2.05) is 0 Å². The maximum absolute atomic E-state index is 10.7. The Balaban J connectivity index is 0. The molecule has 0 bridgehead atoms. The van der Waals surface area contributed by atoms with Gasteiger partial charge in [-0.05, 0) is 17.7 Å². The Morgan fingerprint density at radius 2 is 1.87 bits per heavy atom. The minimum Gasteiger partial charge on any atom is -0.480 e. The first-order valence-electron chi connectivity index (χ1n) is 3.65. The molecular formula is C8H12Cl2N2O3. The number of aliphatic carboxylic acids is 1. The van der Waals surface area contributed by atoms with E-state index in [4.69, 9.17) is 15.9 Å². The predicted octanol–water partition coefficient (Wildman–Crippen LogP) is 0.156. The zero-order chi connectivity index (χ0) is 9.90. The summed E-state index contributed by atoms with van der Waals surface area (Å²) in [7, 11) is 0. The Bertz CT molecular complexity index is 310. The van der Waals surface area contributed by atoms with Crippen LogP contribution < -0.4 is 5.73 Å². The molecule has 0 fully saturated rings. The number of hydrogen-bond acceptors (Lipinski definition) is 4. The standard InChI is InChI=1S/C8H10N2O3.2ClH/c9-8(5-11,7(12)13)6-1-3-10-4-2-6;;/h1-4,11H,5,9H2,(H,12,13);2*1H. The number of rotatable bonds is 3. The maximum Gasteiger partial charge on any atom is 0.330 e. The van der Waals surface area contributed by atoms with Gasteiger partial charge in [0, 0.05) is 12.4 Å². The van der Waals surface area contributed by atoms with Crippen LogP contribution in [0.2, 0.25) is 0 Å². The highest BCUT2D eigenvalue weighted by molar-refractivity contribution is 5.85. The third-order valence-electron chi connectivity index (χ3n) is 1.83. The molecule has 7 heteroatoms. The molecule has 5 nitrogen and oxygen atoms in total. The van der Waals surface area contributed by atoms with Gasteiger partial charge in [0.2, 0.25) is 0 Å². The second-order valence-corrected chi connectivity index (χ2v) is 2.67. The largest absolute Gasteiger partial charge is 0.480 e. The number of aromatic nitrogens is 1. The lowest BCUT2D eigenvalue weighted by atomic mass is 9.93. The van der Waals surface area contributed by atoms with Crippen molar-refractivity contribution in [3.05, 3.63) is 30.1 Å².